The summed E-state index contributed by atoms with van der Waals surface area (Å²) >= 11 is 0. The number of hydrogen-bond donors (Lipinski definition) is 1. The molecule has 2 aromatic carbocycles. The second kappa shape index (κ2) is 12.4. The molecule has 3 nitrogen and oxygen atoms in total. The minimum absolute atomic E-state index is 0.677. The maximum absolute atomic E-state index is 10.8. The van der Waals surface area contributed by atoms with Gasteiger partial charge < -0.3 is 10.5 Å². The van der Waals surface area contributed by atoms with Gasteiger partial charge in [0.15, 0.2) is 0 Å². The Hall–Kier alpha value is -2.13. The molecule has 3 heteroatoms. The number of carbonyl (C=O) groups excluding carboxylic acids is 1. The summed E-state index contributed by atoms with van der Waals surface area (Å²) in [5, 5.41) is 0. The van der Waals surface area contributed by atoms with Crippen LogP contribution in [0, 0.1) is 0 Å². The molecule has 0 amide bonds. The number of aryl methyl sites for hydroxylation is 1. The second-order valence-corrected chi connectivity index (χ2v) is 4.80. The van der Waals surface area contributed by atoms with Crippen molar-refractivity contribution in [2.24, 2.45) is 5.73 Å². The van der Waals surface area contributed by atoms with Crippen molar-refractivity contribution in [3.63, 3.8) is 0 Å². The molecule has 0 saturated heterocycles. The third-order valence-corrected chi connectivity index (χ3v) is 3.02. The highest BCUT2D eigenvalue weighted by Gasteiger charge is 2.09. The molecule has 0 aliphatic heterocycles. The fourth-order valence-corrected chi connectivity index (χ4v) is 2.11. The number of ether oxygens (including phenoxy) is 1. The molecular weight excluding hydrogens is 286 g/mol. The highest BCUT2D eigenvalue weighted by molar-refractivity contribution is 5.80. The van der Waals surface area contributed by atoms with Crippen molar-refractivity contribution in [1.82, 2.24) is 0 Å². The molecule has 0 fully saturated rings. The van der Waals surface area contributed by atoms with Crippen molar-refractivity contribution in [3.05, 3.63) is 53.6 Å². The van der Waals surface area contributed by atoms with Crippen molar-refractivity contribution in [1.29, 1.82) is 0 Å². The number of methoxy groups -OCH3 is 1. The molecule has 0 unspecified atom stereocenters. The first kappa shape index (κ1) is 20.9. The number of aldehydes is 1. The lowest BCUT2D eigenvalue weighted by Gasteiger charge is -2.13. The van der Waals surface area contributed by atoms with Crippen LogP contribution in [0.1, 0.15) is 43.1 Å². The van der Waals surface area contributed by atoms with Crippen LogP contribution in [0.5, 0.6) is 5.75 Å². The molecule has 2 aromatic rings. The zero-order valence-electron chi connectivity index (χ0n) is 14.9. The van der Waals surface area contributed by atoms with Gasteiger partial charge in [-0.15, -0.1) is 0 Å². The van der Waals surface area contributed by atoms with E-state index in [-0.39, 0.29) is 0 Å². The fraction of sp³-hybridized carbons (Fsp3) is 0.350. The average molecular weight is 315 g/mol. The molecule has 0 bridgehead atoms. The van der Waals surface area contributed by atoms with E-state index >= 15 is 0 Å². The van der Waals surface area contributed by atoms with E-state index in [1.165, 1.54) is 19.0 Å². The molecule has 0 saturated carbocycles. The monoisotopic (exact) mass is 315 g/mol. The third-order valence-electron chi connectivity index (χ3n) is 3.02. The quantitative estimate of drug-likeness (QED) is 0.830. The van der Waals surface area contributed by atoms with Crippen LogP contribution in [0.4, 0.5) is 0 Å². The molecular formula is C20H29NO2. The summed E-state index contributed by atoms with van der Waals surface area (Å²) in [5.74, 6) is 0.892. The lowest BCUT2D eigenvalue weighted by molar-refractivity contribution is 0.112. The highest BCUT2D eigenvalue weighted by atomic mass is 16.5. The van der Waals surface area contributed by atoms with Gasteiger partial charge in [0.05, 0.1) is 7.11 Å². The Bertz CT molecular complexity index is 580. The first-order valence-corrected chi connectivity index (χ1v) is 8.00. The number of hydrogen-bond acceptors (Lipinski definition) is 3. The molecule has 2 rings (SSSR count). The topological polar surface area (TPSA) is 52.3 Å². The third kappa shape index (κ3) is 6.25. The van der Waals surface area contributed by atoms with Gasteiger partial charge in [-0.2, -0.15) is 0 Å². The first-order chi connectivity index (χ1) is 11.2. The summed E-state index contributed by atoms with van der Waals surface area (Å²) in [7, 11) is 3.18. The predicted molar refractivity (Wildman–Crippen MR) is 99.3 cm³/mol. The Morgan fingerprint density at radius 2 is 1.65 bits per heavy atom. The smallest absolute Gasteiger partial charge is 0.150 e. The van der Waals surface area contributed by atoms with E-state index in [1.54, 1.807) is 13.2 Å². The Kier molecular flexibility index (Phi) is 11.3. The van der Waals surface area contributed by atoms with Crippen LogP contribution < -0.4 is 10.5 Å². The van der Waals surface area contributed by atoms with Gasteiger partial charge in [0.2, 0.25) is 0 Å². The SMILES string of the molecule is CCC.CCc1cccc(-c2cccc(C=O)c2)c1OC.CN. The summed E-state index contributed by atoms with van der Waals surface area (Å²) in [4.78, 5) is 10.8. The summed E-state index contributed by atoms with van der Waals surface area (Å²) in [5.41, 5.74) is 8.38. The minimum Gasteiger partial charge on any atom is -0.496 e. The van der Waals surface area contributed by atoms with Gasteiger partial charge in [-0.05, 0) is 30.7 Å². The van der Waals surface area contributed by atoms with E-state index in [4.69, 9.17) is 4.74 Å². The molecule has 0 spiro atoms. The van der Waals surface area contributed by atoms with E-state index in [9.17, 15) is 4.79 Å². The molecule has 0 aliphatic carbocycles. The standard InChI is InChI=1S/C16H16O2.C3H8.CH5N/c1-3-13-7-5-9-15(16(13)18-2)14-8-4-6-12(10-14)11-17;1-3-2;1-2/h4-11H,3H2,1-2H3;3H2,1-2H3;2H2,1H3. The van der Waals surface area contributed by atoms with Crippen molar-refractivity contribution < 1.29 is 9.53 Å². The molecule has 2 N–H and O–H groups in total. The van der Waals surface area contributed by atoms with Crippen LogP contribution >= 0.6 is 0 Å². The number of carbonyl (C=O) groups is 1. The van der Waals surface area contributed by atoms with Crippen molar-refractivity contribution in [3.8, 4) is 16.9 Å². The fourth-order valence-electron chi connectivity index (χ4n) is 2.11. The van der Waals surface area contributed by atoms with Crippen LogP contribution in [0.15, 0.2) is 42.5 Å². The van der Waals surface area contributed by atoms with Crippen LogP contribution in [0.25, 0.3) is 11.1 Å². The molecule has 0 heterocycles. The molecule has 0 aliphatic rings. The van der Waals surface area contributed by atoms with E-state index in [0.29, 0.717) is 5.56 Å². The van der Waals surface area contributed by atoms with Gasteiger partial charge in [0, 0.05) is 11.1 Å². The van der Waals surface area contributed by atoms with E-state index in [1.807, 2.05) is 30.3 Å². The van der Waals surface area contributed by atoms with Gasteiger partial charge >= 0.3 is 0 Å². The molecule has 0 atom stereocenters. The zero-order valence-corrected chi connectivity index (χ0v) is 14.9. The number of nitrogens with two attached hydrogens (primary N) is 1. The second-order valence-electron chi connectivity index (χ2n) is 4.80. The predicted octanol–water partition coefficient (Wildman–Crippen LogP) is 4.73. The van der Waals surface area contributed by atoms with Crippen molar-refractivity contribution >= 4 is 6.29 Å². The molecule has 126 valence electrons. The van der Waals surface area contributed by atoms with E-state index in [2.05, 4.69) is 32.6 Å². The van der Waals surface area contributed by atoms with Gasteiger partial charge in [0.25, 0.3) is 0 Å². The normalized spacial score (nSPS) is 8.96. The van der Waals surface area contributed by atoms with Gasteiger partial charge in [0.1, 0.15) is 12.0 Å². The van der Waals surface area contributed by atoms with Crippen molar-refractivity contribution in [2.75, 3.05) is 14.2 Å². The molecule has 23 heavy (non-hydrogen) atoms. The van der Waals surface area contributed by atoms with Gasteiger partial charge in [-0.3, -0.25) is 4.79 Å². The van der Waals surface area contributed by atoms with Crippen LogP contribution in [-0.4, -0.2) is 20.4 Å². The Balaban J connectivity index is 0.000000868. The van der Waals surface area contributed by atoms with E-state index in [0.717, 1.165) is 29.6 Å². The first-order valence-electron chi connectivity index (χ1n) is 8.00. The van der Waals surface area contributed by atoms with Crippen LogP contribution in [0.2, 0.25) is 0 Å². The number of rotatable bonds is 4. The Labute approximate surface area is 140 Å². The summed E-state index contributed by atoms with van der Waals surface area (Å²) in [6.07, 6.45) is 3.03. The largest absolute Gasteiger partial charge is 0.496 e. The lowest BCUT2D eigenvalue weighted by atomic mass is 9.99. The lowest BCUT2D eigenvalue weighted by Crippen LogP contribution is -1.94. The highest BCUT2D eigenvalue weighted by Crippen LogP contribution is 2.33. The zero-order chi connectivity index (χ0) is 17.7. The maximum Gasteiger partial charge on any atom is 0.150 e. The minimum atomic E-state index is 0.677. The summed E-state index contributed by atoms with van der Waals surface area (Å²) in [6.45, 7) is 6.35. The van der Waals surface area contributed by atoms with Gasteiger partial charge in [-0.1, -0.05) is 63.6 Å². The molecule has 0 radical (unpaired) electrons. The van der Waals surface area contributed by atoms with Gasteiger partial charge in [-0.25, -0.2) is 0 Å². The average Bonchev–Trinajstić information content (AvgIpc) is 2.63. The Morgan fingerprint density at radius 1 is 1.04 bits per heavy atom. The van der Waals surface area contributed by atoms with Crippen molar-refractivity contribution in [2.45, 2.75) is 33.6 Å². The van der Waals surface area contributed by atoms with Crippen LogP contribution in [0.3, 0.4) is 0 Å². The molecule has 0 aromatic heterocycles. The number of benzene rings is 2. The summed E-state index contributed by atoms with van der Waals surface area (Å²) < 4.78 is 5.51. The number of para-hydroxylation sites is 1. The Morgan fingerprint density at radius 3 is 2.17 bits per heavy atom. The summed E-state index contributed by atoms with van der Waals surface area (Å²) in [6, 6.07) is 13.6. The van der Waals surface area contributed by atoms with Crippen LogP contribution in [-0.2, 0) is 6.42 Å². The van der Waals surface area contributed by atoms with E-state index < -0.39 is 0 Å². The maximum atomic E-state index is 10.8.